The van der Waals surface area contributed by atoms with Crippen molar-refractivity contribution in [3.63, 3.8) is 0 Å². The minimum atomic E-state index is -0.816. The molecule has 3 atom stereocenters. The second-order valence-electron chi connectivity index (χ2n) is 6.56. The summed E-state index contributed by atoms with van der Waals surface area (Å²) in [5.41, 5.74) is -0.816. The molecular weight excluding hydrogens is 396 g/mol. The Morgan fingerprint density at radius 3 is 1.50 bits per heavy atom. The maximum absolute atomic E-state index is 11.8. The van der Waals surface area contributed by atoms with E-state index >= 15 is 0 Å². The van der Waals surface area contributed by atoms with Crippen molar-refractivity contribution >= 4 is 55.8 Å². The molecule has 6 nitrogen and oxygen atoms in total. The van der Waals surface area contributed by atoms with Gasteiger partial charge in [-0.1, -0.05) is 20.8 Å². The van der Waals surface area contributed by atoms with E-state index in [0.717, 1.165) is 0 Å². The second-order valence-corrected chi connectivity index (χ2v) is 9.10. The van der Waals surface area contributed by atoms with Crippen molar-refractivity contribution in [1.82, 2.24) is 0 Å². The molecule has 0 bridgehead atoms. The Morgan fingerprint density at radius 2 is 1.19 bits per heavy atom. The summed E-state index contributed by atoms with van der Waals surface area (Å²) >= 11 is 12.4. The summed E-state index contributed by atoms with van der Waals surface area (Å²) in [4.78, 5) is 35.4. The van der Waals surface area contributed by atoms with Gasteiger partial charge in [0, 0.05) is 10.5 Å². The first-order valence-electron chi connectivity index (χ1n) is 8.53. The van der Waals surface area contributed by atoms with E-state index in [-0.39, 0.29) is 43.2 Å². The van der Waals surface area contributed by atoms with E-state index in [0.29, 0.717) is 6.42 Å². The van der Waals surface area contributed by atoms with E-state index in [9.17, 15) is 14.4 Å². The van der Waals surface area contributed by atoms with Crippen molar-refractivity contribution in [3.8, 4) is 0 Å². The van der Waals surface area contributed by atoms with Gasteiger partial charge >= 0.3 is 17.9 Å². The SMILES string of the molecule is CCC(COC(=O)CC(C)S)(COC(=O)CC(C)S)COC(=O)C(C)S. The number of rotatable bonds is 12. The van der Waals surface area contributed by atoms with Crippen molar-refractivity contribution in [1.29, 1.82) is 0 Å². The molecule has 0 aliphatic carbocycles. The van der Waals surface area contributed by atoms with Crippen LogP contribution >= 0.6 is 37.9 Å². The summed E-state index contributed by atoms with van der Waals surface area (Å²) in [5, 5.41) is -0.836. The van der Waals surface area contributed by atoms with E-state index in [2.05, 4.69) is 37.9 Å². The van der Waals surface area contributed by atoms with Crippen LogP contribution in [0.25, 0.3) is 0 Å². The highest BCUT2D eigenvalue weighted by Crippen LogP contribution is 2.25. The van der Waals surface area contributed by atoms with Crippen LogP contribution in [0.2, 0.25) is 0 Å². The van der Waals surface area contributed by atoms with Gasteiger partial charge in [-0.15, -0.1) is 0 Å². The fourth-order valence-electron chi connectivity index (χ4n) is 1.84. The molecule has 0 amide bonds. The van der Waals surface area contributed by atoms with Gasteiger partial charge in [-0.25, -0.2) is 0 Å². The minimum Gasteiger partial charge on any atom is -0.465 e. The first kappa shape index (κ1) is 25.5. The summed E-state index contributed by atoms with van der Waals surface area (Å²) in [6, 6.07) is 0. The molecule has 0 aliphatic heterocycles. The first-order valence-corrected chi connectivity index (χ1v) is 10.1. The third-order valence-electron chi connectivity index (χ3n) is 3.61. The number of carbonyl (C=O) groups excluding carboxylic acids is 3. The number of carbonyl (C=O) groups is 3. The van der Waals surface area contributed by atoms with Crippen molar-refractivity contribution in [2.45, 2.75) is 62.7 Å². The fraction of sp³-hybridized carbons (Fsp3) is 0.824. The number of hydrogen-bond donors (Lipinski definition) is 3. The molecule has 0 spiro atoms. The standard InChI is InChI=1S/C17H30O6S3/c1-5-17(10-23-16(20)13(4)26,8-21-14(18)6-11(2)24)9-22-15(19)7-12(3)25/h11-13,24-26H,5-10H2,1-4H3. The lowest BCUT2D eigenvalue weighted by atomic mass is 9.88. The van der Waals surface area contributed by atoms with E-state index in [1.54, 1.807) is 20.8 Å². The van der Waals surface area contributed by atoms with E-state index < -0.39 is 28.6 Å². The van der Waals surface area contributed by atoms with Crippen LogP contribution in [0.1, 0.15) is 47.0 Å². The number of ether oxygens (including phenoxy) is 3. The maximum Gasteiger partial charge on any atom is 0.318 e. The molecule has 0 heterocycles. The summed E-state index contributed by atoms with van der Waals surface area (Å²) in [5.74, 6) is -1.30. The van der Waals surface area contributed by atoms with Gasteiger partial charge in [-0.2, -0.15) is 37.9 Å². The lowest BCUT2D eigenvalue weighted by Gasteiger charge is -2.31. The number of thiol groups is 3. The van der Waals surface area contributed by atoms with Crippen LogP contribution in [-0.4, -0.2) is 53.5 Å². The highest BCUT2D eigenvalue weighted by Gasteiger charge is 2.34. The second kappa shape index (κ2) is 12.8. The average Bonchev–Trinajstić information content (AvgIpc) is 2.53. The van der Waals surface area contributed by atoms with Crippen LogP contribution < -0.4 is 0 Å². The molecule has 0 saturated carbocycles. The van der Waals surface area contributed by atoms with Crippen LogP contribution in [0.15, 0.2) is 0 Å². The summed E-state index contributed by atoms with van der Waals surface area (Å²) in [6.07, 6.45) is 0.801. The van der Waals surface area contributed by atoms with Gasteiger partial charge < -0.3 is 14.2 Å². The zero-order valence-electron chi connectivity index (χ0n) is 15.8. The molecule has 0 saturated heterocycles. The van der Waals surface area contributed by atoms with Gasteiger partial charge in [0.25, 0.3) is 0 Å². The molecule has 0 aromatic heterocycles. The molecule has 152 valence electrons. The normalized spacial score (nSPS) is 16.7. The third kappa shape index (κ3) is 11.2. The van der Waals surface area contributed by atoms with Gasteiger partial charge in [0.05, 0.1) is 23.5 Å². The predicted octanol–water partition coefficient (Wildman–Crippen LogP) is 2.75. The van der Waals surface area contributed by atoms with Gasteiger partial charge in [-0.3, -0.25) is 14.4 Å². The van der Waals surface area contributed by atoms with Crippen molar-refractivity contribution in [3.05, 3.63) is 0 Å². The quantitative estimate of drug-likeness (QED) is 0.253. The van der Waals surface area contributed by atoms with Crippen LogP contribution in [-0.2, 0) is 28.6 Å². The molecule has 0 N–H and O–H groups in total. The Kier molecular flexibility index (Phi) is 12.5. The molecule has 0 radical (unpaired) electrons. The zero-order valence-corrected chi connectivity index (χ0v) is 18.4. The largest absolute Gasteiger partial charge is 0.465 e. The van der Waals surface area contributed by atoms with E-state index in [1.165, 1.54) is 0 Å². The fourth-order valence-corrected chi connectivity index (χ4v) is 2.22. The number of hydrogen-bond acceptors (Lipinski definition) is 9. The highest BCUT2D eigenvalue weighted by molar-refractivity contribution is 7.81. The predicted molar refractivity (Wildman–Crippen MR) is 110 cm³/mol. The zero-order chi connectivity index (χ0) is 20.3. The molecule has 0 fully saturated rings. The lowest BCUT2D eigenvalue weighted by molar-refractivity contribution is -0.161. The summed E-state index contributed by atoms with van der Waals surface area (Å²) in [7, 11) is 0. The average molecular weight is 427 g/mol. The van der Waals surface area contributed by atoms with Gasteiger partial charge in [0.15, 0.2) is 0 Å². The minimum absolute atomic E-state index is 0.0270. The Balaban J connectivity index is 4.97. The summed E-state index contributed by atoms with van der Waals surface area (Å²) < 4.78 is 15.9. The molecule has 0 aromatic rings. The smallest absolute Gasteiger partial charge is 0.318 e. The Morgan fingerprint density at radius 1 is 0.808 bits per heavy atom. The molecule has 26 heavy (non-hydrogen) atoms. The molecule has 0 aliphatic rings. The monoisotopic (exact) mass is 426 g/mol. The Labute approximate surface area is 172 Å². The molecule has 0 aromatic carbocycles. The van der Waals surface area contributed by atoms with Crippen LogP contribution in [0.5, 0.6) is 0 Å². The van der Waals surface area contributed by atoms with Crippen molar-refractivity contribution in [2.75, 3.05) is 19.8 Å². The van der Waals surface area contributed by atoms with Crippen molar-refractivity contribution in [2.24, 2.45) is 5.41 Å². The van der Waals surface area contributed by atoms with Crippen LogP contribution in [0, 0.1) is 5.41 Å². The Hall–Kier alpha value is -0.540. The van der Waals surface area contributed by atoms with Crippen LogP contribution in [0.3, 0.4) is 0 Å². The Bertz CT molecular complexity index is 439. The molecule has 9 heteroatoms. The first-order chi connectivity index (χ1) is 12.0. The van der Waals surface area contributed by atoms with Gasteiger partial charge in [0.2, 0.25) is 0 Å². The third-order valence-corrected chi connectivity index (χ3v) is 4.19. The topological polar surface area (TPSA) is 78.9 Å². The van der Waals surface area contributed by atoms with Gasteiger partial charge in [-0.05, 0) is 13.3 Å². The molecular formula is C17H30O6S3. The lowest BCUT2D eigenvalue weighted by Crippen LogP contribution is -2.40. The summed E-state index contributed by atoms with van der Waals surface area (Å²) in [6.45, 7) is 6.92. The van der Waals surface area contributed by atoms with Crippen LogP contribution in [0.4, 0.5) is 0 Å². The molecule has 0 rings (SSSR count). The van der Waals surface area contributed by atoms with Gasteiger partial charge in [0.1, 0.15) is 19.8 Å². The maximum atomic E-state index is 11.8. The van der Waals surface area contributed by atoms with E-state index in [1.807, 2.05) is 6.92 Å². The molecule has 3 unspecified atom stereocenters. The van der Waals surface area contributed by atoms with Crippen molar-refractivity contribution < 1.29 is 28.6 Å². The highest BCUT2D eigenvalue weighted by atomic mass is 32.1. The van der Waals surface area contributed by atoms with E-state index in [4.69, 9.17) is 14.2 Å². The number of esters is 3.